The minimum atomic E-state index is 1.10. The number of rotatable bonds is 0. The normalized spacial score (nSPS) is 40.8. The molecule has 2 rings (SSSR count). The summed E-state index contributed by atoms with van der Waals surface area (Å²) in [7, 11) is 0. The Morgan fingerprint density at radius 1 is 0.800 bits per heavy atom. The van der Waals surface area contributed by atoms with Gasteiger partial charge in [0.05, 0.1) is 0 Å². The first kappa shape index (κ1) is 7.68. The van der Waals surface area contributed by atoms with Crippen molar-refractivity contribution in [2.24, 2.45) is 11.8 Å². The summed E-state index contributed by atoms with van der Waals surface area (Å²) in [5, 5.41) is 3.30. The van der Waals surface area contributed by atoms with Crippen LogP contribution < -0.4 is 0 Å². The molecule has 2 fully saturated rings. The summed E-state index contributed by atoms with van der Waals surface area (Å²) in [4.78, 5) is 0. The first-order chi connectivity index (χ1) is 4.97. The molecule has 58 valence electrons. The van der Waals surface area contributed by atoms with E-state index in [0.29, 0.717) is 0 Å². The van der Waals surface area contributed by atoms with E-state index < -0.39 is 0 Å². The Morgan fingerprint density at radius 2 is 1.30 bits per heavy atom. The zero-order valence-corrected chi connectivity index (χ0v) is 9.64. The van der Waals surface area contributed by atoms with Crippen LogP contribution in [0.3, 0.4) is 0 Å². The van der Waals surface area contributed by atoms with Crippen molar-refractivity contribution in [2.75, 3.05) is 0 Å². The quantitative estimate of drug-likeness (QED) is 0.589. The minimum absolute atomic E-state index is 1.10. The molecule has 1 saturated carbocycles. The molecule has 0 amide bonds. The monoisotopic (exact) mass is 270 g/mol. The predicted molar refractivity (Wildman–Crippen MR) is 46.6 cm³/mol. The Labute approximate surface area is 74.4 Å². The van der Waals surface area contributed by atoms with E-state index in [1.54, 1.807) is 36.3 Å². The van der Waals surface area contributed by atoms with Crippen molar-refractivity contribution < 1.29 is 0 Å². The van der Waals surface area contributed by atoms with E-state index in [4.69, 9.17) is 0 Å². The van der Waals surface area contributed by atoms with Gasteiger partial charge in [0.1, 0.15) is 0 Å². The summed E-state index contributed by atoms with van der Waals surface area (Å²) in [5.74, 6) is 2.40. The Balaban J connectivity index is 1.93. The van der Waals surface area contributed by atoms with Crippen molar-refractivity contribution in [3.63, 3.8) is 0 Å². The van der Waals surface area contributed by atoms with Gasteiger partial charge in [0, 0.05) is 0 Å². The standard InChI is InChI=1S/C8H14Se2/c1-2-4-8-6-10-9-5-7(8)3-1/h7-8H,1-6H2/t7-,8-/m1/s1. The molecule has 1 aliphatic carbocycles. The predicted octanol–water partition coefficient (Wildman–Crippen LogP) is 1.97. The van der Waals surface area contributed by atoms with Crippen LogP contribution >= 0.6 is 0 Å². The van der Waals surface area contributed by atoms with Gasteiger partial charge in [-0.3, -0.25) is 0 Å². The topological polar surface area (TPSA) is 0 Å². The SMILES string of the molecule is C1CC[C@@H]2C[Se][Se]C[C@H]2C1. The molecular formula is C8H14Se2. The fraction of sp³-hybridized carbons (Fsp3) is 1.00. The summed E-state index contributed by atoms with van der Waals surface area (Å²) >= 11 is 2.21. The summed E-state index contributed by atoms with van der Waals surface area (Å²) in [6.07, 6.45) is 6.26. The maximum atomic E-state index is 1.65. The molecule has 0 aromatic rings. The second-order valence-corrected chi connectivity index (χ2v) is 10.9. The van der Waals surface area contributed by atoms with E-state index in [1.165, 1.54) is 11.8 Å². The van der Waals surface area contributed by atoms with Gasteiger partial charge in [-0.25, -0.2) is 0 Å². The van der Waals surface area contributed by atoms with Crippen molar-refractivity contribution in [1.82, 2.24) is 0 Å². The molecule has 2 aliphatic rings. The molecule has 10 heavy (non-hydrogen) atoms. The molecular weight excluding hydrogens is 254 g/mol. The Bertz CT molecular complexity index is 87.8. The summed E-state index contributed by atoms with van der Waals surface area (Å²) in [6, 6.07) is 0. The van der Waals surface area contributed by atoms with Gasteiger partial charge in [0.2, 0.25) is 0 Å². The van der Waals surface area contributed by atoms with Gasteiger partial charge in [0.15, 0.2) is 0 Å². The van der Waals surface area contributed by atoms with E-state index >= 15 is 0 Å². The number of fused-ring (bicyclic) bond motifs is 1. The average Bonchev–Trinajstić information content (AvgIpc) is 2.05. The molecule has 0 nitrogen and oxygen atoms in total. The van der Waals surface area contributed by atoms with Crippen molar-refractivity contribution in [2.45, 2.75) is 36.3 Å². The van der Waals surface area contributed by atoms with Crippen LogP contribution in [-0.4, -0.2) is 26.3 Å². The van der Waals surface area contributed by atoms with Gasteiger partial charge >= 0.3 is 74.4 Å². The maximum absolute atomic E-state index is 1.65. The van der Waals surface area contributed by atoms with Gasteiger partial charge in [-0.2, -0.15) is 0 Å². The van der Waals surface area contributed by atoms with Crippen molar-refractivity contribution in [3.05, 3.63) is 0 Å². The second-order valence-electron chi connectivity index (χ2n) is 3.37. The third-order valence-corrected chi connectivity index (χ3v) is 10.2. The number of hydrogen-bond acceptors (Lipinski definition) is 0. The van der Waals surface area contributed by atoms with Crippen molar-refractivity contribution in [1.29, 1.82) is 0 Å². The first-order valence-electron chi connectivity index (χ1n) is 4.21. The van der Waals surface area contributed by atoms with Crippen LogP contribution in [0, 0.1) is 11.8 Å². The molecule has 2 atom stereocenters. The molecule has 0 aromatic carbocycles. The van der Waals surface area contributed by atoms with Crippen LogP contribution in [0.25, 0.3) is 0 Å². The van der Waals surface area contributed by atoms with Gasteiger partial charge in [-0.05, 0) is 0 Å². The first-order valence-corrected chi connectivity index (χ1v) is 11.0. The van der Waals surface area contributed by atoms with Gasteiger partial charge < -0.3 is 0 Å². The Kier molecular flexibility index (Phi) is 2.78. The van der Waals surface area contributed by atoms with Crippen LogP contribution in [-0.2, 0) is 0 Å². The zero-order valence-electron chi connectivity index (χ0n) is 6.21. The van der Waals surface area contributed by atoms with Crippen LogP contribution in [0.4, 0.5) is 0 Å². The summed E-state index contributed by atoms with van der Waals surface area (Å²) in [6.45, 7) is 0. The van der Waals surface area contributed by atoms with Gasteiger partial charge in [-0.15, -0.1) is 0 Å². The molecule has 0 unspecified atom stereocenters. The third kappa shape index (κ3) is 1.61. The summed E-state index contributed by atoms with van der Waals surface area (Å²) < 4.78 is 0. The fourth-order valence-corrected chi connectivity index (χ4v) is 10.9. The van der Waals surface area contributed by atoms with Crippen molar-refractivity contribution in [3.8, 4) is 0 Å². The summed E-state index contributed by atoms with van der Waals surface area (Å²) in [5.41, 5.74) is 0. The van der Waals surface area contributed by atoms with E-state index in [9.17, 15) is 0 Å². The molecule has 1 saturated heterocycles. The van der Waals surface area contributed by atoms with Gasteiger partial charge in [-0.1, -0.05) is 0 Å². The molecule has 0 spiro atoms. The van der Waals surface area contributed by atoms with Crippen LogP contribution in [0.1, 0.15) is 25.7 Å². The fourth-order valence-electron chi connectivity index (χ4n) is 1.99. The zero-order chi connectivity index (χ0) is 6.81. The molecule has 2 heteroatoms. The van der Waals surface area contributed by atoms with Crippen LogP contribution in [0.5, 0.6) is 0 Å². The van der Waals surface area contributed by atoms with Crippen LogP contribution in [0.2, 0.25) is 10.6 Å². The molecule has 0 bridgehead atoms. The van der Waals surface area contributed by atoms with E-state index in [0.717, 1.165) is 26.3 Å². The second kappa shape index (κ2) is 3.63. The van der Waals surface area contributed by atoms with Crippen LogP contribution in [0.15, 0.2) is 0 Å². The molecule has 1 heterocycles. The van der Waals surface area contributed by atoms with E-state index in [-0.39, 0.29) is 0 Å². The molecule has 1 aliphatic heterocycles. The molecule has 0 radical (unpaired) electrons. The molecule has 0 N–H and O–H groups in total. The Morgan fingerprint density at radius 3 is 1.80 bits per heavy atom. The van der Waals surface area contributed by atoms with E-state index in [1.807, 2.05) is 0 Å². The molecule has 0 aromatic heterocycles. The van der Waals surface area contributed by atoms with E-state index in [2.05, 4.69) is 0 Å². The Hall–Kier alpha value is 1.04. The van der Waals surface area contributed by atoms with Gasteiger partial charge in [0.25, 0.3) is 0 Å². The third-order valence-electron chi connectivity index (χ3n) is 2.71. The van der Waals surface area contributed by atoms with Crippen molar-refractivity contribution >= 4 is 26.3 Å². The number of hydrogen-bond donors (Lipinski definition) is 0. The average molecular weight is 268 g/mol.